The summed E-state index contributed by atoms with van der Waals surface area (Å²) < 4.78 is 11.3. The minimum Gasteiger partial charge on any atom is -0.457 e. The first-order chi connectivity index (χ1) is 15.0. The van der Waals surface area contributed by atoms with Gasteiger partial charge in [-0.25, -0.2) is 0 Å². The van der Waals surface area contributed by atoms with Gasteiger partial charge in [-0.3, -0.25) is 14.6 Å². The van der Waals surface area contributed by atoms with Gasteiger partial charge in [0.05, 0.1) is 5.52 Å². The largest absolute Gasteiger partial charge is 0.457 e. The van der Waals surface area contributed by atoms with Crippen molar-refractivity contribution >= 4 is 22.7 Å². The van der Waals surface area contributed by atoms with Gasteiger partial charge in [-0.2, -0.15) is 0 Å². The summed E-state index contributed by atoms with van der Waals surface area (Å²) in [5, 5.41) is 8.42. The van der Waals surface area contributed by atoms with Gasteiger partial charge in [0.25, 0.3) is 0 Å². The van der Waals surface area contributed by atoms with E-state index in [0.717, 1.165) is 22.0 Å². The summed E-state index contributed by atoms with van der Waals surface area (Å²) in [7, 11) is 0. The lowest BCUT2D eigenvalue weighted by Crippen LogP contribution is -2.38. The lowest BCUT2D eigenvalue weighted by atomic mass is 9.97. The standard InChI is InChI=1S/C22H17N5O4/c23-20(28)22(21(24)29)10-16(22)12-1-4-14(5-2-12)31-18-7-8-25-17-6-3-13(9-15(17)18)19-27-26-11-30-19/h1-9,11,16H,10H2,(H2,23,28)(H2,24,29). The number of carbonyl (C=O) groups is 2. The monoisotopic (exact) mass is 415 g/mol. The normalized spacial score (nSPS) is 16.7. The SMILES string of the molecule is NC(=O)C1(C(N)=O)CC1c1ccc(Oc2ccnc3ccc(-c4nnco4)cc23)cc1. The third-order valence-electron chi connectivity index (χ3n) is 5.66. The molecular weight excluding hydrogens is 398 g/mol. The van der Waals surface area contributed by atoms with Crippen molar-refractivity contribution in [3.05, 3.63) is 66.7 Å². The third-order valence-corrected chi connectivity index (χ3v) is 5.66. The zero-order chi connectivity index (χ0) is 21.6. The fourth-order valence-corrected chi connectivity index (χ4v) is 3.87. The van der Waals surface area contributed by atoms with Crippen LogP contribution in [0.25, 0.3) is 22.4 Å². The summed E-state index contributed by atoms with van der Waals surface area (Å²) in [5.41, 5.74) is 11.8. The maximum absolute atomic E-state index is 11.7. The fraction of sp³-hybridized carbons (Fsp3) is 0.136. The number of ether oxygens (including phenoxy) is 1. The molecule has 9 heteroatoms. The molecule has 1 unspecified atom stereocenters. The Morgan fingerprint density at radius 1 is 1.06 bits per heavy atom. The van der Waals surface area contributed by atoms with E-state index in [1.807, 2.05) is 18.2 Å². The van der Waals surface area contributed by atoms with Crippen LogP contribution in [-0.2, 0) is 9.59 Å². The highest BCUT2D eigenvalue weighted by Crippen LogP contribution is 2.59. The second-order valence-corrected chi connectivity index (χ2v) is 7.41. The average molecular weight is 415 g/mol. The van der Waals surface area contributed by atoms with Crippen molar-refractivity contribution < 1.29 is 18.7 Å². The lowest BCUT2D eigenvalue weighted by molar-refractivity contribution is -0.133. The number of amides is 2. The minimum atomic E-state index is -1.30. The third kappa shape index (κ3) is 3.07. The number of rotatable bonds is 6. The molecular formula is C22H17N5O4. The molecule has 4 N–H and O–H groups in total. The van der Waals surface area contributed by atoms with Crippen molar-refractivity contribution in [1.29, 1.82) is 0 Å². The van der Waals surface area contributed by atoms with Crippen LogP contribution in [0, 0.1) is 5.41 Å². The van der Waals surface area contributed by atoms with E-state index in [0.29, 0.717) is 23.8 Å². The summed E-state index contributed by atoms with van der Waals surface area (Å²) >= 11 is 0. The Hall–Kier alpha value is -4.27. The number of nitrogens with two attached hydrogens (primary N) is 2. The van der Waals surface area contributed by atoms with Gasteiger partial charge in [-0.05, 0) is 48.4 Å². The summed E-state index contributed by atoms with van der Waals surface area (Å²) in [6.45, 7) is 0. The molecule has 2 aromatic carbocycles. The van der Waals surface area contributed by atoms with Crippen molar-refractivity contribution in [3.63, 3.8) is 0 Å². The summed E-state index contributed by atoms with van der Waals surface area (Å²) in [6.07, 6.45) is 3.26. The molecule has 154 valence electrons. The maximum Gasteiger partial charge on any atom is 0.247 e. The van der Waals surface area contributed by atoms with Crippen molar-refractivity contribution in [3.8, 4) is 23.0 Å². The lowest BCUT2D eigenvalue weighted by Gasteiger charge is -2.11. The molecule has 0 aliphatic heterocycles. The van der Waals surface area contributed by atoms with Crippen molar-refractivity contribution in [1.82, 2.24) is 15.2 Å². The molecule has 1 saturated carbocycles. The molecule has 0 saturated heterocycles. The Morgan fingerprint density at radius 2 is 1.84 bits per heavy atom. The van der Waals surface area contributed by atoms with E-state index in [1.165, 1.54) is 6.39 Å². The molecule has 0 spiro atoms. The van der Waals surface area contributed by atoms with Crippen LogP contribution in [0.5, 0.6) is 11.5 Å². The van der Waals surface area contributed by atoms with E-state index in [-0.39, 0.29) is 5.92 Å². The van der Waals surface area contributed by atoms with Gasteiger partial charge in [-0.1, -0.05) is 12.1 Å². The predicted molar refractivity (Wildman–Crippen MR) is 110 cm³/mol. The molecule has 4 aromatic rings. The number of primary amides is 2. The minimum absolute atomic E-state index is 0.310. The molecule has 1 atom stereocenters. The second-order valence-electron chi connectivity index (χ2n) is 7.41. The number of aromatic nitrogens is 3. The summed E-state index contributed by atoms with van der Waals surface area (Å²) in [5.74, 6) is -0.0950. The van der Waals surface area contributed by atoms with Crippen LogP contribution in [0.4, 0.5) is 0 Å². The number of nitrogens with zero attached hydrogens (tertiary/aromatic N) is 3. The Bertz CT molecular complexity index is 1290. The Kier molecular flexibility index (Phi) is 4.18. The zero-order valence-corrected chi connectivity index (χ0v) is 16.2. The Morgan fingerprint density at radius 3 is 2.48 bits per heavy atom. The summed E-state index contributed by atoms with van der Waals surface area (Å²) in [4.78, 5) is 27.8. The highest BCUT2D eigenvalue weighted by Gasteiger charge is 2.64. The number of benzene rings is 2. The number of hydrogen-bond acceptors (Lipinski definition) is 7. The van der Waals surface area contributed by atoms with Crippen molar-refractivity contribution in [2.75, 3.05) is 0 Å². The first kappa shape index (κ1) is 18.7. The zero-order valence-electron chi connectivity index (χ0n) is 16.2. The first-order valence-corrected chi connectivity index (χ1v) is 9.52. The van der Waals surface area contributed by atoms with Gasteiger partial charge in [0.15, 0.2) is 0 Å². The smallest absolute Gasteiger partial charge is 0.247 e. The van der Waals surface area contributed by atoms with Gasteiger partial charge in [0, 0.05) is 23.1 Å². The highest BCUT2D eigenvalue weighted by atomic mass is 16.5. The molecule has 5 rings (SSSR count). The Balaban J connectivity index is 1.42. The molecule has 1 fully saturated rings. The number of pyridine rings is 1. The molecule has 1 aliphatic carbocycles. The van der Waals surface area contributed by atoms with Crippen LogP contribution in [-0.4, -0.2) is 27.0 Å². The fourth-order valence-electron chi connectivity index (χ4n) is 3.87. The van der Waals surface area contributed by atoms with E-state index < -0.39 is 17.2 Å². The van der Waals surface area contributed by atoms with E-state index in [9.17, 15) is 9.59 Å². The van der Waals surface area contributed by atoms with E-state index in [4.69, 9.17) is 20.6 Å². The van der Waals surface area contributed by atoms with Crippen LogP contribution in [0.2, 0.25) is 0 Å². The van der Waals surface area contributed by atoms with Gasteiger partial charge in [0.1, 0.15) is 16.9 Å². The number of fused-ring (bicyclic) bond motifs is 1. The molecule has 2 heterocycles. The van der Waals surface area contributed by atoms with Gasteiger partial charge >= 0.3 is 0 Å². The molecule has 0 radical (unpaired) electrons. The first-order valence-electron chi connectivity index (χ1n) is 9.52. The van der Waals surface area contributed by atoms with E-state index >= 15 is 0 Å². The molecule has 31 heavy (non-hydrogen) atoms. The molecule has 9 nitrogen and oxygen atoms in total. The van der Waals surface area contributed by atoms with E-state index in [1.54, 1.807) is 36.5 Å². The average Bonchev–Trinajstić information content (AvgIpc) is 3.32. The van der Waals surface area contributed by atoms with Gasteiger partial charge in [-0.15, -0.1) is 10.2 Å². The highest BCUT2D eigenvalue weighted by molar-refractivity contribution is 6.08. The van der Waals surface area contributed by atoms with Gasteiger partial charge in [0.2, 0.25) is 24.1 Å². The molecule has 0 bridgehead atoms. The topological polar surface area (TPSA) is 147 Å². The van der Waals surface area contributed by atoms with Crippen LogP contribution < -0.4 is 16.2 Å². The van der Waals surface area contributed by atoms with Gasteiger partial charge < -0.3 is 20.6 Å². The maximum atomic E-state index is 11.7. The van der Waals surface area contributed by atoms with Crippen molar-refractivity contribution in [2.45, 2.75) is 12.3 Å². The van der Waals surface area contributed by atoms with Crippen LogP contribution in [0.3, 0.4) is 0 Å². The van der Waals surface area contributed by atoms with Crippen LogP contribution in [0.1, 0.15) is 17.9 Å². The van der Waals surface area contributed by atoms with Crippen LogP contribution in [0.15, 0.2) is 65.5 Å². The quantitative estimate of drug-likeness (QED) is 0.460. The molecule has 2 aromatic heterocycles. The predicted octanol–water partition coefficient (Wildman–Crippen LogP) is 2.52. The second kappa shape index (κ2) is 6.91. The molecule has 2 amide bonds. The number of carbonyl (C=O) groups excluding carboxylic acids is 2. The number of hydrogen-bond donors (Lipinski definition) is 2. The van der Waals surface area contributed by atoms with Crippen LogP contribution >= 0.6 is 0 Å². The van der Waals surface area contributed by atoms with Crippen molar-refractivity contribution in [2.24, 2.45) is 16.9 Å². The van der Waals surface area contributed by atoms with E-state index in [2.05, 4.69) is 15.2 Å². The Labute approximate surface area is 176 Å². The molecule has 1 aliphatic rings. The summed E-state index contributed by atoms with van der Waals surface area (Å²) in [6, 6.07) is 14.5.